The molecular formula is C15H27N3O2. The van der Waals surface area contributed by atoms with Gasteiger partial charge in [0.2, 0.25) is 5.88 Å². The molecule has 0 aliphatic carbocycles. The molecule has 5 nitrogen and oxygen atoms in total. The molecule has 0 aliphatic heterocycles. The summed E-state index contributed by atoms with van der Waals surface area (Å²) >= 11 is 0. The molecule has 1 N–H and O–H groups in total. The Kier molecular flexibility index (Phi) is 7.30. The standard InChI is InChI=1S/C15H27N3O2/c1-11(2)6-7-16-13-8-15(20-9-12(3)4)18-14(17-13)10-19-5/h8,11-12H,6-7,9-10H2,1-5H3,(H,16,17,18). The zero-order chi connectivity index (χ0) is 15.0. The molecule has 0 amide bonds. The van der Waals surface area contributed by atoms with Crippen molar-refractivity contribution in [3.8, 4) is 5.88 Å². The second-order valence-corrected chi connectivity index (χ2v) is 5.75. The van der Waals surface area contributed by atoms with Crippen molar-refractivity contribution in [1.29, 1.82) is 0 Å². The normalized spacial score (nSPS) is 11.2. The van der Waals surface area contributed by atoms with E-state index in [-0.39, 0.29) is 0 Å². The van der Waals surface area contributed by atoms with Crippen molar-refractivity contribution in [2.45, 2.75) is 40.7 Å². The molecule has 0 unspecified atom stereocenters. The summed E-state index contributed by atoms with van der Waals surface area (Å²) in [6, 6.07) is 1.85. The second-order valence-electron chi connectivity index (χ2n) is 5.75. The van der Waals surface area contributed by atoms with E-state index in [2.05, 4.69) is 43.0 Å². The third-order valence-corrected chi connectivity index (χ3v) is 2.61. The molecule has 20 heavy (non-hydrogen) atoms. The van der Waals surface area contributed by atoms with Gasteiger partial charge in [-0.15, -0.1) is 0 Å². The number of hydrogen-bond donors (Lipinski definition) is 1. The summed E-state index contributed by atoms with van der Waals surface area (Å²) in [6.45, 7) is 10.6. The van der Waals surface area contributed by atoms with Crippen molar-refractivity contribution in [1.82, 2.24) is 9.97 Å². The van der Waals surface area contributed by atoms with Crippen LogP contribution in [0.15, 0.2) is 6.07 Å². The number of rotatable bonds is 9. The molecule has 0 aliphatic rings. The fraction of sp³-hybridized carbons (Fsp3) is 0.733. The molecule has 0 atom stereocenters. The molecule has 1 rings (SSSR count). The summed E-state index contributed by atoms with van der Waals surface area (Å²) in [5.74, 6) is 3.17. The summed E-state index contributed by atoms with van der Waals surface area (Å²) in [7, 11) is 1.64. The highest BCUT2D eigenvalue weighted by Gasteiger charge is 2.07. The lowest BCUT2D eigenvalue weighted by atomic mass is 10.1. The molecule has 1 aromatic heterocycles. The van der Waals surface area contributed by atoms with Crippen LogP contribution in [0.2, 0.25) is 0 Å². The zero-order valence-electron chi connectivity index (χ0n) is 13.3. The van der Waals surface area contributed by atoms with Crippen LogP contribution in [0.3, 0.4) is 0 Å². The van der Waals surface area contributed by atoms with Crippen molar-refractivity contribution in [2.75, 3.05) is 25.6 Å². The largest absolute Gasteiger partial charge is 0.477 e. The first-order valence-electron chi connectivity index (χ1n) is 7.24. The highest BCUT2D eigenvalue weighted by atomic mass is 16.5. The Morgan fingerprint density at radius 2 is 1.90 bits per heavy atom. The predicted octanol–water partition coefficient (Wildman–Crippen LogP) is 3.12. The Bertz CT molecular complexity index is 395. The van der Waals surface area contributed by atoms with Crippen LogP contribution in [-0.4, -0.2) is 30.2 Å². The molecule has 0 saturated carbocycles. The minimum Gasteiger partial charge on any atom is -0.477 e. The van der Waals surface area contributed by atoms with Crippen LogP contribution < -0.4 is 10.1 Å². The third kappa shape index (κ3) is 6.70. The van der Waals surface area contributed by atoms with E-state index in [1.165, 1.54) is 0 Å². The fourth-order valence-corrected chi connectivity index (χ4v) is 1.57. The van der Waals surface area contributed by atoms with Gasteiger partial charge < -0.3 is 14.8 Å². The Labute approximate surface area is 122 Å². The third-order valence-electron chi connectivity index (χ3n) is 2.61. The molecule has 0 bridgehead atoms. The summed E-state index contributed by atoms with van der Waals surface area (Å²) in [5.41, 5.74) is 0. The van der Waals surface area contributed by atoms with Crippen LogP contribution >= 0.6 is 0 Å². The molecular weight excluding hydrogens is 254 g/mol. The van der Waals surface area contributed by atoms with Gasteiger partial charge in [0.15, 0.2) is 5.82 Å². The zero-order valence-corrected chi connectivity index (χ0v) is 13.3. The monoisotopic (exact) mass is 281 g/mol. The lowest BCUT2D eigenvalue weighted by molar-refractivity contribution is 0.175. The molecule has 114 valence electrons. The minimum absolute atomic E-state index is 0.387. The van der Waals surface area contributed by atoms with Crippen LogP contribution in [0.5, 0.6) is 5.88 Å². The summed E-state index contributed by atoms with van der Waals surface area (Å²) in [4.78, 5) is 8.76. The van der Waals surface area contributed by atoms with Gasteiger partial charge in [-0.25, -0.2) is 4.98 Å². The highest BCUT2D eigenvalue weighted by molar-refractivity contribution is 5.38. The summed E-state index contributed by atoms with van der Waals surface area (Å²) in [5, 5.41) is 3.32. The molecule has 0 radical (unpaired) electrons. The Morgan fingerprint density at radius 3 is 2.50 bits per heavy atom. The van der Waals surface area contributed by atoms with E-state index in [4.69, 9.17) is 9.47 Å². The van der Waals surface area contributed by atoms with Gasteiger partial charge in [-0.2, -0.15) is 4.98 Å². The Balaban J connectivity index is 2.70. The smallest absolute Gasteiger partial charge is 0.218 e. The second kappa shape index (κ2) is 8.74. The molecule has 0 fully saturated rings. The van der Waals surface area contributed by atoms with Gasteiger partial charge in [-0.3, -0.25) is 0 Å². The highest BCUT2D eigenvalue weighted by Crippen LogP contribution is 2.15. The van der Waals surface area contributed by atoms with Gasteiger partial charge in [-0.05, 0) is 18.3 Å². The van der Waals surface area contributed by atoms with E-state index in [0.717, 1.165) is 18.8 Å². The molecule has 1 aromatic rings. The molecule has 1 heterocycles. The first-order chi connectivity index (χ1) is 9.51. The summed E-state index contributed by atoms with van der Waals surface area (Å²) in [6.07, 6.45) is 1.10. The van der Waals surface area contributed by atoms with Gasteiger partial charge in [0.25, 0.3) is 0 Å². The first-order valence-corrected chi connectivity index (χ1v) is 7.24. The Morgan fingerprint density at radius 1 is 1.15 bits per heavy atom. The topological polar surface area (TPSA) is 56.3 Å². The maximum atomic E-state index is 5.68. The minimum atomic E-state index is 0.387. The SMILES string of the molecule is COCc1nc(NCCC(C)C)cc(OCC(C)C)n1. The predicted molar refractivity (Wildman–Crippen MR) is 81.0 cm³/mol. The average molecular weight is 281 g/mol. The van der Waals surface area contributed by atoms with Gasteiger partial charge >= 0.3 is 0 Å². The van der Waals surface area contributed by atoms with Crippen LogP contribution in [0.25, 0.3) is 0 Å². The van der Waals surface area contributed by atoms with Crippen molar-refractivity contribution in [3.63, 3.8) is 0 Å². The Hall–Kier alpha value is -1.36. The molecule has 0 spiro atoms. The molecule has 0 saturated heterocycles. The van der Waals surface area contributed by atoms with Crippen LogP contribution in [0.1, 0.15) is 39.9 Å². The number of hydrogen-bond acceptors (Lipinski definition) is 5. The van der Waals surface area contributed by atoms with Crippen LogP contribution in [-0.2, 0) is 11.3 Å². The maximum absolute atomic E-state index is 5.68. The number of nitrogens with one attached hydrogen (secondary N) is 1. The first kappa shape index (κ1) is 16.7. The van der Waals surface area contributed by atoms with Crippen LogP contribution in [0.4, 0.5) is 5.82 Å². The van der Waals surface area contributed by atoms with Crippen molar-refractivity contribution < 1.29 is 9.47 Å². The fourth-order valence-electron chi connectivity index (χ4n) is 1.57. The van der Waals surface area contributed by atoms with Crippen molar-refractivity contribution >= 4 is 5.82 Å². The van der Waals surface area contributed by atoms with Crippen molar-refractivity contribution in [2.24, 2.45) is 11.8 Å². The molecule has 0 aromatic carbocycles. The van der Waals surface area contributed by atoms with Gasteiger partial charge in [0, 0.05) is 19.7 Å². The molecule has 5 heteroatoms. The number of aromatic nitrogens is 2. The van der Waals surface area contributed by atoms with Crippen molar-refractivity contribution in [3.05, 3.63) is 11.9 Å². The van der Waals surface area contributed by atoms with E-state index >= 15 is 0 Å². The van der Waals surface area contributed by atoms with Gasteiger partial charge in [0.1, 0.15) is 12.4 Å². The van der Waals surface area contributed by atoms with E-state index in [0.29, 0.717) is 36.8 Å². The van der Waals surface area contributed by atoms with E-state index in [9.17, 15) is 0 Å². The number of methoxy groups -OCH3 is 1. The van der Waals surface area contributed by atoms with Crippen LogP contribution in [0, 0.1) is 11.8 Å². The maximum Gasteiger partial charge on any atom is 0.218 e. The van der Waals surface area contributed by atoms with E-state index < -0.39 is 0 Å². The number of nitrogens with zero attached hydrogens (tertiary/aromatic N) is 2. The number of anilines is 1. The van der Waals surface area contributed by atoms with E-state index in [1.54, 1.807) is 7.11 Å². The average Bonchev–Trinajstić information content (AvgIpc) is 2.36. The van der Waals surface area contributed by atoms with E-state index in [1.807, 2.05) is 6.07 Å². The summed E-state index contributed by atoms with van der Waals surface area (Å²) < 4.78 is 10.8. The lowest BCUT2D eigenvalue weighted by Gasteiger charge is -2.12. The lowest BCUT2D eigenvalue weighted by Crippen LogP contribution is -2.11. The quantitative estimate of drug-likeness (QED) is 0.753. The van der Waals surface area contributed by atoms with Gasteiger partial charge in [0.05, 0.1) is 6.61 Å². The van der Waals surface area contributed by atoms with Gasteiger partial charge in [-0.1, -0.05) is 27.7 Å². The number of ether oxygens (including phenoxy) is 2.